The fourth-order valence-electron chi connectivity index (χ4n) is 2.57. The topological polar surface area (TPSA) is 9.23 Å². The second-order valence-electron chi connectivity index (χ2n) is 5.42. The van der Waals surface area contributed by atoms with Gasteiger partial charge in [-0.25, -0.2) is 0 Å². The lowest BCUT2D eigenvalue weighted by Crippen LogP contribution is -2.31. The van der Waals surface area contributed by atoms with Crippen molar-refractivity contribution in [1.82, 2.24) is 0 Å². The van der Waals surface area contributed by atoms with Gasteiger partial charge >= 0.3 is 0 Å². The Kier molecular flexibility index (Phi) is 5.96. The molecule has 0 saturated heterocycles. The zero-order valence-electron chi connectivity index (χ0n) is 12.2. The molecule has 0 aromatic heterocycles. The Morgan fingerprint density at radius 2 is 1.48 bits per heavy atom. The van der Waals surface area contributed by atoms with E-state index in [1.807, 2.05) is 36.4 Å². The Morgan fingerprint density at radius 3 is 2.10 bits per heavy atom. The number of ether oxygens (including phenoxy) is 1. The Hall–Kier alpha value is -1.18. The minimum atomic E-state index is -0.168. The molecule has 0 amide bonds. The third kappa shape index (κ3) is 4.15. The summed E-state index contributed by atoms with van der Waals surface area (Å²) in [6, 6.07) is 18.4. The van der Waals surface area contributed by atoms with Gasteiger partial charge in [0.25, 0.3) is 0 Å². The van der Waals surface area contributed by atoms with Crippen molar-refractivity contribution >= 4 is 23.2 Å². The van der Waals surface area contributed by atoms with Crippen LogP contribution in [0.25, 0.3) is 0 Å². The minimum absolute atomic E-state index is 0.168. The van der Waals surface area contributed by atoms with Crippen LogP contribution in [-0.2, 0) is 12.8 Å². The van der Waals surface area contributed by atoms with Crippen molar-refractivity contribution in [1.29, 1.82) is 0 Å². The van der Waals surface area contributed by atoms with Crippen molar-refractivity contribution < 1.29 is 4.74 Å². The zero-order chi connectivity index (χ0) is 15.1. The average Bonchev–Trinajstić information content (AvgIpc) is 2.55. The predicted molar refractivity (Wildman–Crippen MR) is 90.7 cm³/mol. The number of methoxy groups -OCH3 is 1. The summed E-state index contributed by atoms with van der Waals surface area (Å²) in [6.45, 7) is 0. The quantitative estimate of drug-likeness (QED) is 0.656. The molecule has 0 fully saturated rings. The molecular weight excluding hydrogens is 303 g/mol. The van der Waals surface area contributed by atoms with Crippen molar-refractivity contribution in [3.8, 4) is 5.75 Å². The number of hydrogen-bond donors (Lipinski definition) is 0. The molecule has 3 heteroatoms. The molecule has 0 aliphatic carbocycles. The monoisotopic (exact) mass is 322 g/mol. The third-order valence-electron chi connectivity index (χ3n) is 3.75. The van der Waals surface area contributed by atoms with Crippen LogP contribution >= 0.6 is 23.2 Å². The number of rotatable bonds is 7. The molecule has 0 atom stereocenters. The number of benzene rings is 2. The minimum Gasteiger partial charge on any atom is -0.496 e. The first-order valence-corrected chi connectivity index (χ1v) is 8.08. The van der Waals surface area contributed by atoms with E-state index in [1.165, 1.54) is 5.56 Å². The Labute approximate surface area is 136 Å². The third-order valence-corrected chi connectivity index (χ3v) is 4.88. The maximum absolute atomic E-state index is 6.29. The SMILES string of the molecule is COc1ccccc1CC(CCl)(CCl)Cc1ccccc1. The van der Waals surface area contributed by atoms with Crippen LogP contribution in [0.3, 0.4) is 0 Å². The van der Waals surface area contributed by atoms with Crippen molar-refractivity contribution in [2.45, 2.75) is 12.8 Å². The van der Waals surface area contributed by atoms with Crippen molar-refractivity contribution in [3.05, 3.63) is 65.7 Å². The summed E-state index contributed by atoms with van der Waals surface area (Å²) in [5.74, 6) is 1.93. The van der Waals surface area contributed by atoms with Crippen LogP contribution in [0.5, 0.6) is 5.75 Å². The molecule has 0 radical (unpaired) electrons. The molecule has 21 heavy (non-hydrogen) atoms. The van der Waals surface area contributed by atoms with Crippen LogP contribution in [-0.4, -0.2) is 18.9 Å². The molecule has 2 aromatic carbocycles. The summed E-state index contributed by atoms with van der Waals surface area (Å²) >= 11 is 12.6. The van der Waals surface area contributed by atoms with E-state index >= 15 is 0 Å². The molecule has 2 aromatic rings. The zero-order valence-corrected chi connectivity index (χ0v) is 13.7. The maximum Gasteiger partial charge on any atom is 0.122 e. The van der Waals surface area contributed by atoms with Gasteiger partial charge in [-0.1, -0.05) is 48.5 Å². The van der Waals surface area contributed by atoms with E-state index in [0.717, 1.165) is 24.2 Å². The van der Waals surface area contributed by atoms with Gasteiger partial charge < -0.3 is 4.74 Å². The van der Waals surface area contributed by atoms with Crippen LogP contribution in [0.2, 0.25) is 0 Å². The normalized spacial score (nSPS) is 11.4. The van der Waals surface area contributed by atoms with E-state index in [9.17, 15) is 0 Å². The number of halogens is 2. The van der Waals surface area contributed by atoms with E-state index in [1.54, 1.807) is 7.11 Å². The lowest BCUT2D eigenvalue weighted by molar-refractivity contribution is 0.357. The Bertz CT molecular complexity index is 550. The number of para-hydroxylation sites is 1. The van der Waals surface area contributed by atoms with Crippen molar-refractivity contribution in [2.75, 3.05) is 18.9 Å². The average molecular weight is 323 g/mol. The molecule has 0 aliphatic heterocycles. The van der Waals surface area contributed by atoms with Gasteiger partial charge in [0.05, 0.1) is 7.11 Å². The standard InChI is InChI=1S/C18H20Cl2O/c1-21-17-10-6-5-9-16(17)12-18(13-19,14-20)11-15-7-3-2-4-8-15/h2-10H,11-14H2,1H3. The molecule has 112 valence electrons. The number of alkyl halides is 2. The van der Waals surface area contributed by atoms with Crippen LogP contribution in [0, 0.1) is 5.41 Å². The van der Waals surface area contributed by atoms with Gasteiger partial charge in [-0.05, 0) is 30.0 Å². The fraction of sp³-hybridized carbons (Fsp3) is 0.333. The molecular formula is C18H20Cl2O. The second-order valence-corrected chi connectivity index (χ2v) is 5.95. The highest BCUT2D eigenvalue weighted by Gasteiger charge is 2.30. The molecule has 0 unspecified atom stereocenters. The molecule has 0 heterocycles. The lowest BCUT2D eigenvalue weighted by atomic mass is 9.79. The van der Waals surface area contributed by atoms with E-state index in [4.69, 9.17) is 27.9 Å². The smallest absolute Gasteiger partial charge is 0.122 e. The van der Waals surface area contributed by atoms with E-state index < -0.39 is 0 Å². The van der Waals surface area contributed by atoms with Crippen LogP contribution in [0.1, 0.15) is 11.1 Å². The van der Waals surface area contributed by atoms with Gasteiger partial charge in [-0.2, -0.15) is 0 Å². The Balaban J connectivity index is 2.25. The predicted octanol–water partition coefficient (Wildman–Crippen LogP) is 4.94. The summed E-state index contributed by atoms with van der Waals surface area (Å²) < 4.78 is 5.44. The first-order chi connectivity index (χ1) is 10.2. The first kappa shape index (κ1) is 16.2. The second kappa shape index (κ2) is 7.72. The summed E-state index contributed by atoms with van der Waals surface area (Å²) in [5.41, 5.74) is 2.24. The highest BCUT2D eigenvalue weighted by Crippen LogP contribution is 2.34. The fourth-order valence-corrected chi connectivity index (χ4v) is 3.23. The highest BCUT2D eigenvalue weighted by molar-refractivity contribution is 6.21. The molecule has 2 rings (SSSR count). The van der Waals surface area contributed by atoms with Crippen LogP contribution in [0.4, 0.5) is 0 Å². The van der Waals surface area contributed by atoms with Gasteiger partial charge in [-0.15, -0.1) is 23.2 Å². The molecule has 0 N–H and O–H groups in total. The van der Waals surface area contributed by atoms with Crippen LogP contribution < -0.4 is 4.74 Å². The van der Waals surface area contributed by atoms with E-state index in [0.29, 0.717) is 11.8 Å². The summed E-state index contributed by atoms with van der Waals surface area (Å²) in [5, 5.41) is 0. The Morgan fingerprint density at radius 1 is 0.857 bits per heavy atom. The molecule has 0 spiro atoms. The molecule has 0 bridgehead atoms. The van der Waals surface area contributed by atoms with Crippen molar-refractivity contribution in [2.24, 2.45) is 5.41 Å². The van der Waals surface area contributed by atoms with Gasteiger partial charge in [0.15, 0.2) is 0 Å². The lowest BCUT2D eigenvalue weighted by Gasteiger charge is -2.30. The number of hydrogen-bond acceptors (Lipinski definition) is 1. The summed E-state index contributed by atoms with van der Waals surface area (Å²) in [6.07, 6.45) is 1.66. The van der Waals surface area contributed by atoms with E-state index in [-0.39, 0.29) is 5.41 Å². The summed E-state index contributed by atoms with van der Waals surface area (Å²) in [4.78, 5) is 0. The van der Waals surface area contributed by atoms with Gasteiger partial charge in [0.1, 0.15) is 5.75 Å². The van der Waals surface area contributed by atoms with Gasteiger partial charge in [0.2, 0.25) is 0 Å². The van der Waals surface area contributed by atoms with Crippen molar-refractivity contribution in [3.63, 3.8) is 0 Å². The van der Waals surface area contributed by atoms with E-state index in [2.05, 4.69) is 18.2 Å². The summed E-state index contributed by atoms with van der Waals surface area (Å²) in [7, 11) is 1.69. The van der Waals surface area contributed by atoms with Crippen LogP contribution in [0.15, 0.2) is 54.6 Å². The first-order valence-electron chi connectivity index (χ1n) is 7.01. The highest BCUT2D eigenvalue weighted by atomic mass is 35.5. The maximum atomic E-state index is 6.29. The van der Waals surface area contributed by atoms with Gasteiger partial charge in [0, 0.05) is 17.2 Å². The van der Waals surface area contributed by atoms with Gasteiger partial charge in [-0.3, -0.25) is 0 Å². The molecule has 0 aliphatic rings. The molecule has 0 saturated carbocycles. The molecule has 1 nitrogen and oxygen atoms in total. The largest absolute Gasteiger partial charge is 0.496 e.